The van der Waals surface area contributed by atoms with Gasteiger partial charge in [0.15, 0.2) is 4.34 Å². The van der Waals surface area contributed by atoms with Crippen molar-refractivity contribution in [2.75, 3.05) is 18.2 Å². The first-order valence-corrected chi connectivity index (χ1v) is 7.69. The van der Waals surface area contributed by atoms with Crippen molar-refractivity contribution in [3.05, 3.63) is 35.9 Å². The minimum atomic E-state index is 0.738. The maximum absolute atomic E-state index is 5.46. The number of anilines is 2. The lowest BCUT2D eigenvalue weighted by atomic mass is 10.3. The Labute approximate surface area is 124 Å². The van der Waals surface area contributed by atoms with Crippen LogP contribution in [0.15, 0.2) is 40.2 Å². The highest BCUT2D eigenvalue weighted by Crippen LogP contribution is 2.31. The smallest absolute Gasteiger partial charge is 0.210 e. The topological polar surface area (TPSA) is 47.0 Å². The van der Waals surface area contributed by atoms with Crippen molar-refractivity contribution in [1.29, 1.82) is 0 Å². The summed E-state index contributed by atoms with van der Waals surface area (Å²) < 4.78 is 6.16. The van der Waals surface area contributed by atoms with Crippen LogP contribution in [0, 0.1) is 0 Å². The monoisotopic (exact) mass is 313 g/mol. The van der Waals surface area contributed by atoms with Crippen LogP contribution in [0.1, 0.15) is 0 Å². The van der Waals surface area contributed by atoms with Gasteiger partial charge in [0.05, 0.1) is 12.8 Å². The van der Waals surface area contributed by atoms with Gasteiger partial charge in [0.1, 0.15) is 5.75 Å². The molecule has 1 N–H and O–H groups in total. The highest BCUT2D eigenvalue weighted by atomic mass is 35.5. The molecule has 0 aliphatic heterocycles. The second kappa shape index (κ2) is 7.37. The third-order valence-corrected chi connectivity index (χ3v) is 4.25. The Morgan fingerprint density at radius 2 is 2.26 bits per heavy atom. The van der Waals surface area contributed by atoms with Crippen molar-refractivity contribution in [2.45, 2.75) is 4.34 Å². The summed E-state index contributed by atoms with van der Waals surface area (Å²) in [5, 5.41) is 12.1. The van der Waals surface area contributed by atoms with E-state index in [2.05, 4.69) is 15.5 Å². The molecule has 100 valence electrons. The highest BCUT2D eigenvalue weighted by molar-refractivity contribution is 8.01. The first kappa shape index (κ1) is 14.2. The van der Waals surface area contributed by atoms with Gasteiger partial charge in [-0.3, -0.25) is 0 Å². The van der Waals surface area contributed by atoms with Crippen LogP contribution < -0.4 is 10.1 Å². The second-order valence-corrected chi connectivity index (χ2v) is 5.87. The van der Waals surface area contributed by atoms with Crippen LogP contribution in [-0.2, 0) is 0 Å². The number of thioether (sulfide) groups is 1. The standard InChI is InChI=1S/C12H12ClN3OS2/c1-17-10-6-3-2-5-9(10)14-11-15-16-12(19-11)18-8-4-7-13/h2-7H,8H2,1H3,(H,14,15)/b7-4+. The van der Waals surface area contributed by atoms with Crippen molar-refractivity contribution >= 4 is 45.5 Å². The molecule has 2 aromatic rings. The fourth-order valence-electron chi connectivity index (χ4n) is 1.34. The third-order valence-electron chi connectivity index (χ3n) is 2.15. The molecule has 0 fully saturated rings. The fraction of sp³-hybridized carbons (Fsp3) is 0.167. The molecule has 1 aromatic heterocycles. The number of hydrogen-bond donors (Lipinski definition) is 1. The molecule has 0 aliphatic carbocycles. The summed E-state index contributed by atoms with van der Waals surface area (Å²) in [6, 6.07) is 7.68. The van der Waals surface area contributed by atoms with E-state index in [1.165, 1.54) is 16.9 Å². The molecule has 0 bridgehead atoms. The summed E-state index contributed by atoms with van der Waals surface area (Å²) in [6.45, 7) is 0. The number of methoxy groups -OCH3 is 1. The lowest BCUT2D eigenvalue weighted by Crippen LogP contribution is -1.93. The molecule has 0 spiro atoms. The molecule has 1 aromatic carbocycles. The Morgan fingerprint density at radius 3 is 3.05 bits per heavy atom. The maximum atomic E-state index is 5.46. The van der Waals surface area contributed by atoms with E-state index in [9.17, 15) is 0 Å². The van der Waals surface area contributed by atoms with E-state index >= 15 is 0 Å². The normalized spacial score (nSPS) is 10.8. The molecule has 7 heteroatoms. The van der Waals surface area contributed by atoms with Crippen LogP contribution in [0.3, 0.4) is 0 Å². The largest absolute Gasteiger partial charge is 0.495 e. The van der Waals surface area contributed by atoms with Crippen molar-refractivity contribution in [2.24, 2.45) is 0 Å². The van der Waals surface area contributed by atoms with Gasteiger partial charge in [-0.25, -0.2) is 0 Å². The molecule has 0 saturated carbocycles. The van der Waals surface area contributed by atoms with E-state index in [4.69, 9.17) is 16.3 Å². The Morgan fingerprint density at radius 1 is 1.42 bits per heavy atom. The van der Waals surface area contributed by atoms with Gasteiger partial charge in [-0.05, 0) is 12.1 Å². The molecule has 0 saturated heterocycles. The average Bonchev–Trinajstić information content (AvgIpc) is 2.87. The molecule has 0 atom stereocenters. The van der Waals surface area contributed by atoms with Gasteiger partial charge in [-0.15, -0.1) is 10.2 Å². The highest BCUT2D eigenvalue weighted by Gasteiger charge is 2.07. The predicted molar refractivity (Wildman–Crippen MR) is 81.9 cm³/mol. The van der Waals surface area contributed by atoms with E-state index < -0.39 is 0 Å². The quantitative estimate of drug-likeness (QED) is 0.812. The number of ether oxygens (including phenoxy) is 1. The van der Waals surface area contributed by atoms with Crippen LogP contribution in [0.5, 0.6) is 5.75 Å². The van der Waals surface area contributed by atoms with Crippen LogP contribution in [0.2, 0.25) is 0 Å². The van der Waals surface area contributed by atoms with Crippen LogP contribution in [0.4, 0.5) is 10.8 Å². The fourth-order valence-corrected chi connectivity index (χ4v) is 3.13. The van der Waals surface area contributed by atoms with Gasteiger partial charge in [-0.1, -0.05) is 52.9 Å². The number of rotatable bonds is 6. The molecule has 4 nitrogen and oxygen atoms in total. The first-order chi connectivity index (χ1) is 9.33. The molecule has 0 aliphatic rings. The number of hydrogen-bond acceptors (Lipinski definition) is 6. The van der Waals surface area contributed by atoms with E-state index in [1.54, 1.807) is 18.9 Å². The zero-order valence-corrected chi connectivity index (χ0v) is 12.6. The van der Waals surface area contributed by atoms with Crippen molar-refractivity contribution < 1.29 is 4.74 Å². The Hall–Kier alpha value is -1.24. The van der Waals surface area contributed by atoms with Crippen LogP contribution in [0.25, 0.3) is 0 Å². The van der Waals surface area contributed by atoms with Crippen molar-refractivity contribution in [1.82, 2.24) is 10.2 Å². The number of benzene rings is 1. The zero-order chi connectivity index (χ0) is 13.5. The summed E-state index contributed by atoms with van der Waals surface area (Å²) in [5.41, 5.74) is 2.38. The molecule has 0 amide bonds. The van der Waals surface area contributed by atoms with E-state index in [-0.39, 0.29) is 0 Å². The van der Waals surface area contributed by atoms with E-state index in [1.807, 2.05) is 30.3 Å². The first-order valence-electron chi connectivity index (χ1n) is 5.45. The van der Waals surface area contributed by atoms with Gasteiger partial charge in [0.2, 0.25) is 5.13 Å². The summed E-state index contributed by atoms with van der Waals surface area (Å²) in [6.07, 6.45) is 1.86. The Kier molecular flexibility index (Phi) is 5.50. The van der Waals surface area contributed by atoms with Gasteiger partial charge in [0.25, 0.3) is 0 Å². The van der Waals surface area contributed by atoms with Gasteiger partial charge < -0.3 is 10.1 Å². The molecule has 0 radical (unpaired) electrons. The van der Waals surface area contributed by atoms with Crippen LogP contribution >= 0.6 is 34.7 Å². The molecular formula is C12H12ClN3OS2. The second-order valence-electron chi connectivity index (χ2n) is 3.37. The summed E-state index contributed by atoms with van der Waals surface area (Å²) in [5.74, 6) is 1.56. The summed E-state index contributed by atoms with van der Waals surface area (Å²) >= 11 is 8.54. The Balaban J connectivity index is 2.03. The van der Waals surface area contributed by atoms with Crippen molar-refractivity contribution in [3.63, 3.8) is 0 Å². The SMILES string of the molecule is COc1ccccc1Nc1nnc(SC/C=C/Cl)s1. The minimum Gasteiger partial charge on any atom is -0.495 e. The average molecular weight is 314 g/mol. The number of aromatic nitrogens is 2. The van der Waals surface area contributed by atoms with Crippen molar-refractivity contribution in [3.8, 4) is 5.75 Å². The lowest BCUT2D eigenvalue weighted by molar-refractivity contribution is 0.417. The van der Waals surface area contributed by atoms with Crippen LogP contribution in [-0.4, -0.2) is 23.1 Å². The molecule has 19 heavy (non-hydrogen) atoms. The lowest BCUT2D eigenvalue weighted by Gasteiger charge is -2.07. The van der Waals surface area contributed by atoms with Gasteiger partial charge in [-0.2, -0.15) is 0 Å². The van der Waals surface area contributed by atoms with Gasteiger partial charge >= 0.3 is 0 Å². The molecule has 2 rings (SSSR count). The summed E-state index contributed by atoms with van der Waals surface area (Å²) in [7, 11) is 1.64. The number of halogens is 1. The minimum absolute atomic E-state index is 0.738. The van der Waals surface area contributed by atoms with E-state index in [0.29, 0.717) is 0 Å². The Bertz CT molecular complexity index is 559. The number of nitrogens with zero attached hydrogens (tertiary/aromatic N) is 2. The maximum Gasteiger partial charge on any atom is 0.210 e. The van der Waals surface area contributed by atoms with E-state index in [0.717, 1.165) is 26.7 Å². The molecular weight excluding hydrogens is 302 g/mol. The molecule has 0 unspecified atom stereocenters. The number of nitrogens with one attached hydrogen (secondary N) is 1. The summed E-state index contributed by atoms with van der Waals surface area (Å²) in [4.78, 5) is 0. The zero-order valence-electron chi connectivity index (χ0n) is 10.2. The van der Waals surface area contributed by atoms with Gasteiger partial charge in [0, 0.05) is 11.3 Å². The molecule has 1 heterocycles. The number of para-hydroxylation sites is 2. The predicted octanol–water partition coefficient (Wildman–Crippen LogP) is 4.13. The third kappa shape index (κ3) is 4.12.